The maximum atomic E-state index is 11.1. The van der Waals surface area contributed by atoms with Crippen molar-refractivity contribution in [3.8, 4) is 0 Å². The van der Waals surface area contributed by atoms with Crippen LogP contribution in [0.4, 0.5) is 0 Å². The van der Waals surface area contributed by atoms with E-state index >= 15 is 0 Å². The minimum absolute atomic E-state index is 0.522. The fourth-order valence-electron chi connectivity index (χ4n) is 1.90. The van der Waals surface area contributed by atoms with E-state index in [2.05, 4.69) is 35.0 Å². The molecule has 0 aliphatic rings. The molecule has 1 aromatic carbocycles. The van der Waals surface area contributed by atoms with Crippen LogP contribution in [0.2, 0.25) is 0 Å². The van der Waals surface area contributed by atoms with Gasteiger partial charge in [-0.2, -0.15) is 0 Å². The Balaban J connectivity index is 2.73. The summed E-state index contributed by atoms with van der Waals surface area (Å²) < 4.78 is 1.05. The molecule has 0 unspecified atom stereocenters. The average molecular weight is 314 g/mol. The van der Waals surface area contributed by atoms with Crippen LogP contribution in [0.15, 0.2) is 22.7 Å². The third-order valence-electron chi connectivity index (χ3n) is 3.00. The van der Waals surface area contributed by atoms with E-state index in [4.69, 9.17) is 5.11 Å². The summed E-state index contributed by atoms with van der Waals surface area (Å²) in [5.74, 6) is -0.764. The van der Waals surface area contributed by atoms with Crippen LogP contribution in [-0.2, 0) is 11.3 Å². The average Bonchev–Trinajstić information content (AvgIpc) is 2.22. The lowest BCUT2D eigenvalue weighted by atomic mass is 9.93. The van der Waals surface area contributed by atoms with Crippen molar-refractivity contribution in [3.05, 3.63) is 33.8 Å². The first kappa shape index (κ1) is 15.2. The first-order valence-corrected chi connectivity index (χ1v) is 6.68. The van der Waals surface area contributed by atoms with Gasteiger partial charge in [-0.3, -0.25) is 4.79 Å². The number of carboxylic acids is 1. The number of rotatable bonds is 5. The van der Waals surface area contributed by atoms with Crippen LogP contribution in [0.1, 0.15) is 25.0 Å². The van der Waals surface area contributed by atoms with Crippen molar-refractivity contribution in [2.24, 2.45) is 5.41 Å². The Bertz CT molecular complexity index is 443. The van der Waals surface area contributed by atoms with Crippen LogP contribution in [0.3, 0.4) is 0 Å². The Morgan fingerprint density at radius 3 is 2.61 bits per heavy atom. The second kappa shape index (κ2) is 5.85. The highest BCUT2D eigenvalue weighted by Crippen LogP contribution is 2.20. The van der Waals surface area contributed by atoms with Gasteiger partial charge >= 0.3 is 5.97 Å². The number of carbonyl (C=O) groups is 1. The number of halogens is 1. The predicted octanol–water partition coefficient (Wildman–Crippen LogP) is 3.30. The Kier molecular flexibility index (Phi) is 4.93. The molecule has 1 rings (SSSR count). The number of aliphatic carboxylic acids is 1. The van der Waals surface area contributed by atoms with E-state index in [0.29, 0.717) is 6.54 Å². The van der Waals surface area contributed by atoms with Gasteiger partial charge < -0.3 is 10.0 Å². The van der Waals surface area contributed by atoms with Crippen LogP contribution in [0, 0.1) is 12.3 Å². The molecule has 0 aliphatic carbocycles. The molecule has 0 saturated carbocycles. The van der Waals surface area contributed by atoms with Gasteiger partial charge in [-0.15, -0.1) is 0 Å². The molecule has 1 aromatic rings. The van der Waals surface area contributed by atoms with Gasteiger partial charge in [0.2, 0.25) is 0 Å². The van der Waals surface area contributed by atoms with Crippen LogP contribution in [-0.4, -0.2) is 29.6 Å². The monoisotopic (exact) mass is 313 g/mol. The molecule has 18 heavy (non-hydrogen) atoms. The highest BCUT2D eigenvalue weighted by Gasteiger charge is 2.28. The maximum absolute atomic E-state index is 11.1. The summed E-state index contributed by atoms with van der Waals surface area (Å²) in [6, 6.07) is 6.16. The summed E-state index contributed by atoms with van der Waals surface area (Å²) in [5.41, 5.74) is 1.71. The fourth-order valence-corrected chi connectivity index (χ4v) is 2.31. The summed E-state index contributed by atoms with van der Waals surface area (Å²) in [7, 11) is 1.95. The number of aryl methyl sites for hydroxylation is 1. The first-order valence-electron chi connectivity index (χ1n) is 5.89. The fraction of sp³-hybridized carbons (Fsp3) is 0.500. The summed E-state index contributed by atoms with van der Waals surface area (Å²) in [5, 5.41) is 9.12. The van der Waals surface area contributed by atoms with Gasteiger partial charge in [-0.1, -0.05) is 22.0 Å². The summed E-state index contributed by atoms with van der Waals surface area (Å²) in [6.45, 7) is 6.84. The lowest BCUT2D eigenvalue weighted by Gasteiger charge is -2.27. The van der Waals surface area contributed by atoms with Crippen molar-refractivity contribution in [1.29, 1.82) is 0 Å². The van der Waals surface area contributed by atoms with Crippen molar-refractivity contribution in [2.75, 3.05) is 13.6 Å². The SMILES string of the molecule is Cc1ccc(Br)cc1CN(C)CC(C)(C)C(=O)O. The number of nitrogens with zero attached hydrogens (tertiary/aromatic N) is 1. The number of hydrogen-bond acceptors (Lipinski definition) is 2. The summed E-state index contributed by atoms with van der Waals surface area (Å²) >= 11 is 3.46. The zero-order chi connectivity index (χ0) is 13.9. The van der Waals surface area contributed by atoms with Gasteiger partial charge in [0.1, 0.15) is 0 Å². The largest absolute Gasteiger partial charge is 0.481 e. The number of carboxylic acid groups (broad SMARTS) is 1. The van der Waals surface area contributed by atoms with Gasteiger partial charge in [-0.05, 0) is 51.1 Å². The molecule has 3 nitrogen and oxygen atoms in total. The minimum atomic E-state index is -0.764. The Morgan fingerprint density at radius 1 is 1.44 bits per heavy atom. The zero-order valence-corrected chi connectivity index (χ0v) is 12.9. The zero-order valence-electron chi connectivity index (χ0n) is 11.3. The van der Waals surface area contributed by atoms with Crippen molar-refractivity contribution in [3.63, 3.8) is 0 Å². The van der Waals surface area contributed by atoms with Gasteiger partial charge in [-0.25, -0.2) is 0 Å². The number of hydrogen-bond donors (Lipinski definition) is 1. The lowest BCUT2D eigenvalue weighted by molar-refractivity contribution is -0.147. The first-order chi connectivity index (χ1) is 8.22. The standard InChI is InChI=1S/C14H20BrNO2/c1-10-5-6-12(15)7-11(10)8-16(4)9-14(2,3)13(17)18/h5-7H,8-9H2,1-4H3,(H,17,18). The van der Waals surface area contributed by atoms with E-state index in [1.807, 2.05) is 18.0 Å². The molecule has 4 heteroatoms. The minimum Gasteiger partial charge on any atom is -0.481 e. The Hall–Kier alpha value is -0.870. The van der Waals surface area contributed by atoms with Gasteiger partial charge in [0.25, 0.3) is 0 Å². The quantitative estimate of drug-likeness (QED) is 0.906. The second-order valence-corrected chi connectivity index (χ2v) is 6.35. The van der Waals surface area contributed by atoms with Crippen molar-refractivity contribution in [2.45, 2.75) is 27.3 Å². The maximum Gasteiger partial charge on any atom is 0.310 e. The van der Waals surface area contributed by atoms with Gasteiger partial charge in [0, 0.05) is 17.6 Å². The highest BCUT2D eigenvalue weighted by molar-refractivity contribution is 9.10. The normalized spacial score (nSPS) is 11.9. The molecule has 0 spiro atoms. The predicted molar refractivity (Wildman–Crippen MR) is 76.6 cm³/mol. The molecule has 0 amide bonds. The van der Waals surface area contributed by atoms with Crippen LogP contribution >= 0.6 is 15.9 Å². The van der Waals surface area contributed by atoms with E-state index in [1.165, 1.54) is 11.1 Å². The molecule has 0 bridgehead atoms. The van der Waals surface area contributed by atoms with E-state index < -0.39 is 11.4 Å². The summed E-state index contributed by atoms with van der Waals surface area (Å²) in [4.78, 5) is 13.1. The van der Waals surface area contributed by atoms with Crippen molar-refractivity contribution >= 4 is 21.9 Å². The molecule has 0 saturated heterocycles. The lowest BCUT2D eigenvalue weighted by Crippen LogP contribution is -2.37. The molecule has 0 aliphatic heterocycles. The third-order valence-corrected chi connectivity index (χ3v) is 3.49. The van der Waals surface area contributed by atoms with E-state index in [-0.39, 0.29) is 0 Å². The number of benzene rings is 1. The van der Waals surface area contributed by atoms with Crippen molar-refractivity contribution < 1.29 is 9.90 Å². The Morgan fingerprint density at radius 2 is 2.06 bits per heavy atom. The van der Waals surface area contributed by atoms with Crippen molar-refractivity contribution in [1.82, 2.24) is 4.90 Å². The van der Waals surface area contributed by atoms with Crippen LogP contribution in [0.5, 0.6) is 0 Å². The molecular formula is C14H20BrNO2. The molecule has 0 aromatic heterocycles. The molecule has 100 valence electrons. The molecule has 1 N–H and O–H groups in total. The van der Waals surface area contributed by atoms with Gasteiger partial charge in [0.05, 0.1) is 5.41 Å². The third kappa shape index (κ3) is 4.10. The molecule has 0 atom stereocenters. The molecular weight excluding hydrogens is 294 g/mol. The molecule has 0 radical (unpaired) electrons. The summed E-state index contributed by atoms with van der Waals surface area (Å²) in [6.07, 6.45) is 0. The second-order valence-electron chi connectivity index (χ2n) is 5.43. The van der Waals surface area contributed by atoms with E-state index in [1.54, 1.807) is 13.8 Å². The topological polar surface area (TPSA) is 40.5 Å². The van der Waals surface area contributed by atoms with Crippen LogP contribution in [0.25, 0.3) is 0 Å². The van der Waals surface area contributed by atoms with E-state index in [0.717, 1.165) is 11.0 Å². The van der Waals surface area contributed by atoms with E-state index in [9.17, 15) is 4.79 Å². The smallest absolute Gasteiger partial charge is 0.310 e. The Labute approximate surface area is 117 Å². The molecule has 0 fully saturated rings. The van der Waals surface area contributed by atoms with Gasteiger partial charge in [0.15, 0.2) is 0 Å². The molecule has 0 heterocycles. The van der Waals surface area contributed by atoms with Crippen LogP contribution < -0.4 is 0 Å². The highest BCUT2D eigenvalue weighted by atomic mass is 79.9.